The third kappa shape index (κ3) is 4.34. The first-order chi connectivity index (χ1) is 9.19. The molecule has 0 aromatic carbocycles. The van der Waals surface area contributed by atoms with Crippen molar-refractivity contribution in [2.24, 2.45) is 0 Å². The van der Waals surface area contributed by atoms with E-state index >= 15 is 0 Å². The molecule has 1 saturated heterocycles. The summed E-state index contributed by atoms with van der Waals surface area (Å²) in [4.78, 5) is 4.84. The molecule has 19 heavy (non-hydrogen) atoms. The Hall–Kier alpha value is -0.840. The van der Waals surface area contributed by atoms with Gasteiger partial charge in [0.15, 0.2) is 0 Å². The van der Waals surface area contributed by atoms with Crippen molar-refractivity contribution in [2.75, 3.05) is 33.7 Å². The summed E-state index contributed by atoms with van der Waals surface area (Å²) < 4.78 is 5.86. The number of rotatable bonds is 6. The van der Waals surface area contributed by atoms with Crippen LogP contribution in [0, 0.1) is 0 Å². The van der Waals surface area contributed by atoms with Gasteiger partial charge in [-0.15, -0.1) is 0 Å². The molecule has 0 aliphatic carbocycles. The van der Waals surface area contributed by atoms with E-state index in [1.807, 2.05) is 0 Å². The number of piperidine rings is 1. The van der Waals surface area contributed by atoms with E-state index in [4.69, 9.17) is 4.42 Å². The van der Waals surface area contributed by atoms with Crippen molar-refractivity contribution in [3.05, 3.63) is 23.7 Å². The van der Waals surface area contributed by atoms with E-state index in [2.05, 4.69) is 48.3 Å². The van der Waals surface area contributed by atoms with Gasteiger partial charge in [-0.2, -0.15) is 0 Å². The zero-order valence-corrected chi connectivity index (χ0v) is 12.5. The van der Waals surface area contributed by atoms with Crippen LogP contribution in [-0.4, -0.2) is 49.6 Å². The van der Waals surface area contributed by atoms with Crippen molar-refractivity contribution in [3.8, 4) is 0 Å². The highest BCUT2D eigenvalue weighted by Crippen LogP contribution is 2.17. The average molecular weight is 265 g/mol. The standard InChI is InChI=1S/C15H27N3O/c1-4-16-10-14-7-8-15(19-14)12-18(3)13-6-5-9-17(2)11-13/h7-8,13,16H,4-6,9-12H2,1-3H3. The predicted octanol–water partition coefficient (Wildman–Crippen LogP) is 1.92. The molecule has 2 rings (SSSR count). The Kier molecular flexibility index (Phi) is 5.43. The van der Waals surface area contributed by atoms with E-state index in [1.165, 1.54) is 25.9 Å². The molecule has 4 nitrogen and oxygen atoms in total. The second-order valence-electron chi connectivity index (χ2n) is 5.62. The topological polar surface area (TPSA) is 31.6 Å². The highest BCUT2D eigenvalue weighted by molar-refractivity contribution is 5.07. The fourth-order valence-corrected chi connectivity index (χ4v) is 2.72. The SMILES string of the molecule is CCNCc1ccc(CN(C)C2CCCN(C)C2)o1. The summed E-state index contributed by atoms with van der Waals surface area (Å²) in [5, 5.41) is 3.29. The lowest BCUT2D eigenvalue weighted by atomic mass is 10.1. The van der Waals surface area contributed by atoms with Gasteiger partial charge < -0.3 is 14.6 Å². The highest BCUT2D eigenvalue weighted by atomic mass is 16.3. The van der Waals surface area contributed by atoms with Crippen molar-refractivity contribution in [2.45, 2.75) is 38.9 Å². The number of nitrogens with zero attached hydrogens (tertiary/aromatic N) is 2. The quantitative estimate of drug-likeness (QED) is 0.851. The Bertz CT molecular complexity index is 377. The van der Waals surface area contributed by atoms with Gasteiger partial charge in [0.25, 0.3) is 0 Å². The van der Waals surface area contributed by atoms with Crippen molar-refractivity contribution in [1.82, 2.24) is 15.1 Å². The minimum Gasteiger partial charge on any atom is -0.463 e. The van der Waals surface area contributed by atoms with Crippen LogP contribution in [0.25, 0.3) is 0 Å². The average Bonchev–Trinajstić information content (AvgIpc) is 2.84. The summed E-state index contributed by atoms with van der Waals surface area (Å²) in [6.07, 6.45) is 2.60. The van der Waals surface area contributed by atoms with Gasteiger partial charge in [-0.05, 0) is 52.2 Å². The molecule has 1 N–H and O–H groups in total. The third-order valence-electron chi connectivity index (χ3n) is 3.89. The molecular weight excluding hydrogens is 238 g/mol. The summed E-state index contributed by atoms with van der Waals surface area (Å²) in [5.41, 5.74) is 0. The number of likely N-dealkylation sites (tertiary alicyclic amines) is 1. The Morgan fingerprint density at radius 3 is 2.95 bits per heavy atom. The Labute approximate surface area is 116 Å². The van der Waals surface area contributed by atoms with Gasteiger partial charge in [-0.1, -0.05) is 6.92 Å². The normalized spacial score (nSPS) is 21.2. The van der Waals surface area contributed by atoms with E-state index in [0.29, 0.717) is 6.04 Å². The molecule has 0 spiro atoms. The molecule has 1 aliphatic rings. The lowest BCUT2D eigenvalue weighted by Gasteiger charge is -2.35. The molecule has 1 aromatic rings. The molecule has 1 atom stereocenters. The summed E-state index contributed by atoms with van der Waals surface area (Å²) in [6, 6.07) is 4.84. The monoisotopic (exact) mass is 265 g/mol. The summed E-state index contributed by atoms with van der Waals surface area (Å²) >= 11 is 0. The molecule has 2 heterocycles. The van der Waals surface area contributed by atoms with Gasteiger partial charge in [-0.25, -0.2) is 0 Å². The number of nitrogens with one attached hydrogen (secondary N) is 1. The number of hydrogen-bond donors (Lipinski definition) is 1. The highest BCUT2D eigenvalue weighted by Gasteiger charge is 2.21. The van der Waals surface area contributed by atoms with Crippen LogP contribution in [-0.2, 0) is 13.1 Å². The van der Waals surface area contributed by atoms with Crippen LogP contribution < -0.4 is 5.32 Å². The fraction of sp³-hybridized carbons (Fsp3) is 0.733. The molecule has 1 fully saturated rings. The van der Waals surface area contributed by atoms with Crippen molar-refractivity contribution < 1.29 is 4.42 Å². The second-order valence-corrected chi connectivity index (χ2v) is 5.62. The lowest BCUT2D eigenvalue weighted by Crippen LogP contribution is -2.44. The van der Waals surface area contributed by atoms with Crippen molar-refractivity contribution in [1.29, 1.82) is 0 Å². The van der Waals surface area contributed by atoms with Crippen LogP contribution in [0.1, 0.15) is 31.3 Å². The maximum absolute atomic E-state index is 5.86. The maximum atomic E-state index is 5.86. The largest absolute Gasteiger partial charge is 0.463 e. The van der Waals surface area contributed by atoms with Gasteiger partial charge in [0.05, 0.1) is 13.1 Å². The molecule has 0 saturated carbocycles. The Morgan fingerprint density at radius 1 is 1.42 bits per heavy atom. The number of furan rings is 1. The van der Waals surface area contributed by atoms with Crippen LogP contribution in [0.15, 0.2) is 16.5 Å². The van der Waals surface area contributed by atoms with E-state index in [0.717, 1.165) is 31.2 Å². The molecular formula is C15H27N3O. The second kappa shape index (κ2) is 7.08. The molecule has 4 heteroatoms. The predicted molar refractivity (Wildman–Crippen MR) is 78.1 cm³/mol. The van der Waals surface area contributed by atoms with E-state index in [1.54, 1.807) is 0 Å². The Balaban J connectivity index is 1.84. The van der Waals surface area contributed by atoms with Crippen molar-refractivity contribution >= 4 is 0 Å². The molecule has 1 aromatic heterocycles. The molecule has 1 unspecified atom stereocenters. The molecule has 0 amide bonds. The van der Waals surface area contributed by atoms with Crippen LogP contribution in [0.5, 0.6) is 0 Å². The summed E-state index contributed by atoms with van der Waals surface area (Å²) in [7, 11) is 4.41. The zero-order valence-electron chi connectivity index (χ0n) is 12.5. The fourth-order valence-electron chi connectivity index (χ4n) is 2.72. The molecule has 1 aliphatic heterocycles. The molecule has 108 valence electrons. The van der Waals surface area contributed by atoms with E-state index in [-0.39, 0.29) is 0 Å². The van der Waals surface area contributed by atoms with Crippen LogP contribution >= 0.6 is 0 Å². The Morgan fingerprint density at radius 2 is 2.21 bits per heavy atom. The van der Waals surface area contributed by atoms with Crippen LogP contribution in [0.4, 0.5) is 0 Å². The summed E-state index contributed by atoms with van der Waals surface area (Å²) in [6.45, 7) is 7.22. The van der Waals surface area contributed by atoms with Crippen LogP contribution in [0.2, 0.25) is 0 Å². The van der Waals surface area contributed by atoms with Gasteiger partial charge in [0, 0.05) is 12.6 Å². The number of likely N-dealkylation sites (N-methyl/N-ethyl adjacent to an activating group) is 2. The smallest absolute Gasteiger partial charge is 0.118 e. The number of hydrogen-bond acceptors (Lipinski definition) is 4. The van der Waals surface area contributed by atoms with Gasteiger partial charge in [0.2, 0.25) is 0 Å². The minimum absolute atomic E-state index is 0.654. The lowest BCUT2D eigenvalue weighted by molar-refractivity contribution is 0.123. The maximum Gasteiger partial charge on any atom is 0.118 e. The third-order valence-corrected chi connectivity index (χ3v) is 3.89. The zero-order chi connectivity index (χ0) is 13.7. The van der Waals surface area contributed by atoms with E-state index in [9.17, 15) is 0 Å². The first-order valence-electron chi connectivity index (χ1n) is 7.36. The molecule has 0 bridgehead atoms. The molecule has 0 radical (unpaired) electrons. The van der Waals surface area contributed by atoms with Gasteiger partial charge in [0.1, 0.15) is 11.5 Å². The van der Waals surface area contributed by atoms with E-state index < -0.39 is 0 Å². The first kappa shape index (κ1) is 14.6. The van der Waals surface area contributed by atoms with Crippen molar-refractivity contribution in [3.63, 3.8) is 0 Å². The minimum atomic E-state index is 0.654. The van der Waals surface area contributed by atoms with Gasteiger partial charge >= 0.3 is 0 Å². The summed E-state index contributed by atoms with van der Waals surface area (Å²) in [5.74, 6) is 2.11. The van der Waals surface area contributed by atoms with Crippen LogP contribution in [0.3, 0.4) is 0 Å². The van der Waals surface area contributed by atoms with Gasteiger partial charge in [-0.3, -0.25) is 4.90 Å². The first-order valence-corrected chi connectivity index (χ1v) is 7.36.